The van der Waals surface area contributed by atoms with Crippen LogP contribution in [0.25, 0.3) is 0 Å². The van der Waals surface area contributed by atoms with Crippen molar-refractivity contribution >= 4 is 17.4 Å². The number of aliphatic hydroxyl groups is 1. The molecule has 2 aliphatic heterocycles. The quantitative estimate of drug-likeness (QED) is 0.865. The van der Waals surface area contributed by atoms with Gasteiger partial charge >= 0.3 is 0 Å². The van der Waals surface area contributed by atoms with E-state index in [2.05, 4.69) is 15.2 Å². The van der Waals surface area contributed by atoms with Crippen molar-refractivity contribution in [2.24, 2.45) is 11.8 Å². The minimum atomic E-state index is -1.01. The molecule has 1 aromatic heterocycles. The van der Waals surface area contributed by atoms with Crippen LogP contribution in [0.2, 0.25) is 5.02 Å². The summed E-state index contributed by atoms with van der Waals surface area (Å²) in [5, 5.41) is 14.1. The van der Waals surface area contributed by atoms with Crippen LogP contribution < -0.4 is 10.2 Å². The van der Waals surface area contributed by atoms with E-state index in [1.54, 1.807) is 13.8 Å². The van der Waals surface area contributed by atoms with Crippen molar-refractivity contribution in [1.29, 1.82) is 0 Å². The van der Waals surface area contributed by atoms with E-state index in [-0.39, 0.29) is 0 Å². The van der Waals surface area contributed by atoms with Crippen LogP contribution in [0.5, 0.6) is 0 Å². The second-order valence-corrected chi connectivity index (χ2v) is 6.55. The molecule has 2 atom stereocenters. The number of halogens is 1. The predicted octanol–water partition coefficient (Wildman–Crippen LogP) is 1.62. The van der Waals surface area contributed by atoms with Crippen molar-refractivity contribution in [3.8, 4) is 0 Å². The molecule has 2 saturated heterocycles. The summed E-state index contributed by atoms with van der Waals surface area (Å²) in [6, 6.07) is 3.79. The molecule has 3 heterocycles. The first-order valence-corrected chi connectivity index (χ1v) is 7.18. The van der Waals surface area contributed by atoms with E-state index in [4.69, 9.17) is 11.6 Å². The Bertz CT molecular complexity index is 474. The third-order valence-electron chi connectivity index (χ3n) is 4.12. The van der Waals surface area contributed by atoms with Crippen LogP contribution in [0.15, 0.2) is 12.1 Å². The summed E-state index contributed by atoms with van der Waals surface area (Å²) in [5.41, 5.74) is -0.452. The number of fused-ring (bicyclic) bond motifs is 1. The molecule has 0 saturated carbocycles. The first-order chi connectivity index (χ1) is 8.95. The molecule has 0 amide bonds. The first kappa shape index (κ1) is 13.2. The van der Waals surface area contributed by atoms with Gasteiger partial charge in [-0.25, -0.2) is 4.98 Å². The van der Waals surface area contributed by atoms with Crippen molar-refractivity contribution in [2.45, 2.75) is 19.4 Å². The smallest absolute Gasteiger partial charge is 0.129 e. The molecule has 3 rings (SSSR count). The molecule has 0 radical (unpaired) electrons. The minimum Gasteiger partial charge on any atom is -0.384 e. The van der Waals surface area contributed by atoms with E-state index in [1.807, 2.05) is 12.1 Å². The van der Waals surface area contributed by atoms with E-state index in [1.165, 1.54) is 0 Å². The number of nitrogens with zero attached hydrogens (tertiary/aromatic N) is 2. The zero-order valence-electron chi connectivity index (χ0n) is 11.4. The Hall–Kier alpha value is -0.840. The average Bonchev–Trinajstić information content (AvgIpc) is 2.88. The highest BCUT2D eigenvalue weighted by Crippen LogP contribution is 2.32. The van der Waals surface area contributed by atoms with Crippen LogP contribution in [-0.4, -0.2) is 36.3 Å². The number of hydrogen-bond acceptors (Lipinski definition) is 4. The maximum absolute atomic E-state index is 10.1. The molecule has 2 N–H and O–H groups in total. The van der Waals surface area contributed by atoms with Gasteiger partial charge in [0.15, 0.2) is 0 Å². The predicted molar refractivity (Wildman–Crippen MR) is 76.6 cm³/mol. The van der Waals surface area contributed by atoms with Crippen molar-refractivity contribution in [2.75, 3.05) is 31.1 Å². The van der Waals surface area contributed by atoms with Crippen LogP contribution in [0, 0.1) is 11.8 Å². The number of nitrogens with one attached hydrogen (secondary N) is 1. The molecule has 0 aromatic carbocycles. The summed E-state index contributed by atoms with van der Waals surface area (Å²) < 4.78 is 0. The van der Waals surface area contributed by atoms with Crippen molar-refractivity contribution < 1.29 is 5.11 Å². The molecular weight excluding hydrogens is 262 g/mol. The maximum atomic E-state index is 10.1. The number of aromatic nitrogens is 1. The van der Waals surface area contributed by atoms with Gasteiger partial charge in [0, 0.05) is 26.2 Å². The summed E-state index contributed by atoms with van der Waals surface area (Å²) in [6.45, 7) is 7.72. The molecule has 1 aromatic rings. The van der Waals surface area contributed by atoms with Gasteiger partial charge in [0.2, 0.25) is 0 Å². The molecule has 19 heavy (non-hydrogen) atoms. The number of rotatable bonds is 2. The SMILES string of the molecule is CC(C)(O)c1nc(N2CC3CNCC3C2)ccc1Cl. The summed E-state index contributed by atoms with van der Waals surface area (Å²) >= 11 is 6.13. The Balaban J connectivity index is 1.86. The topological polar surface area (TPSA) is 48.4 Å². The lowest BCUT2D eigenvalue weighted by Crippen LogP contribution is -2.27. The van der Waals surface area contributed by atoms with Crippen molar-refractivity contribution in [3.05, 3.63) is 22.8 Å². The summed E-state index contributed by atoms with van der Waals surface area (Å²) in [6.07, 6.45) is 0. The third-order valence-corrected chi connectivity index (χ3v) is 4.43. The highest BCUT2D eigenvalue weighted by molar-refractivity contribution is 6.31. The van der Waals surface area contributed by atoms with Gasteiger partial charge < -0.3 is 15.3 Å². The van der Waals surface area contributed by atoms with Gasteiger partial charge in [0.25, 0.3) is 0 Å². The lowest BCUT2D eigenvalue weighted by Gasteiger charge is -2.23. The van der Waals surface area contributed by atoms with Crippen LogP contribution in [0.1, 0.15) is 19.5 Å². The second kappa shape index (κ2) is 4.62. The average molecular weight is 282 g/mol. The fraction of sp³-hybridized carbons (Fsp3) is 0.643. The second-order valence-electron chi connectivity index (χ2n) is 6.14. The van der Waals surface area contributed by atoms with Gasteiger partial charge in [-0.15, -0.1) is 0 Å². The Kier molecular flexibility index (Phi) is 3.20. The molecule has 0 aliphatic carbocycles. The van der Waals surface area contributed by atoms with Gasteiger partial charge in [-0.05, 0) is 37.8 Å². The van der Waals surface area contributed by atoms with E-state index < -0.39 is 5.60 Å². The van der Waals surface area contributed by atoms with Crippen LogP contribution >= 0.6 is 11.6 Å². The number of hydrogen-bond donors (Lipinski definition) is 2. The Morgan fingerprint density at radius 3 is 2.53 bits per heavy atom. The van der Waals surface area contributed by atoms with Crippen LogP contribution in [0.3, 0.4) is 0 Å². The van der Waals surface area contributed by atoms with Gasteiger partial charge in [-0.2, -0.15) is 0 Å². The summed E-state index contributed by atoms with van der Waals surface area (Å²) in [5.74, 6) is 2.38. The Morgan fingerprint density at radius 2 is 1.95 bits per heavy atom. The zero-order valence-corrected chi connectivity index (χ0v) is 12.1. The fourth-order valence-electron chi connectivity index (χ4n) is 3.08. The van der Waals surface area contributed by atoms with E-state index in [9.17, 15) is 5.11 Å². The molecule has 4 nitrogen and oxygen atoms in total. The fourth-order valence-corrected chi connectivity index (χ4v) is 3.42. The highest BCUT2D eigenvalue weighted by Gasteiger charge is 2.37. The van der Waals surface area contributed by atoms with Crippen LogP contribution in [-0.2, 0) is 5.60 Å². The Morgan fingerprint density at radius 1 is 1.32 bits per heavy atom. The first-order valence-electron chi connectivity index (χ1n) is 6.80. The molecule has 104 valence electrons. The van der Waals surface area contributed by atoms with Crippen molar-refractivity contribution in [3.63, 3.8) is 0 Å². The largest absolute Gasteiger partial charge is 0.384 e. The molecule has 0 spiro atoms. The van der Waals surface area contributed by atoms with E-state index in [0.29, 0.717) is 10.7 Å². The van der Waals surface area contributed by atoms with Crippen LogP contribution in [0.4, 0.5) is 5.82 Å². The summed E-state index contributed by atoms with van der Waals surface area (Å²) in [4.78, 5) is 6.88. The van der Waals surface area contributed by atoms with Gasteiger partial charge in [-0.1, -0.05) is 11.6 Å². The zero-order chi connectivity index (χ0) is 13.6. The normalized spacial score (nSPS) is 26.8. The third kappa shape index (κ3) is 2.45. The Labute approximate surface area is 118 Å². The lowest BCUT2D eigenvalue weighted by molar-refractivity contribution is 0.0741. The standard InChI is InChI=1S/C14H20ClN3O/c1-14(2,19)13-11(15)3-4-12(17-13)18-7-9-5-16-6-10(9)8-18/h3-4,9-10,16,19H,5-8H2,1-2H3. The number of anilines is 1. The number of pyridine rings is 1. The molecule has 2 unspecified atom stereocenters. The monoisotopic (exact) mass is 281 g/mol. The molecule has 2 aliphatic rings. The van der Waals surface area contributed by atoms with Gasteiger partial charge in [-0.3, -0.25) is 0 Å². The molecule has 5 heteroatoms. The van der Waals surface area contributed by atoms with E-state index in [0.717, 1.165) is 43.8 Å². The molecule has 0 bridgehead atoms. The highest BCUT2D eigenvalue weighted by atomic mass is 35.5. The van der Waals surface area contributed by atoms with E-state index >= 15 is 0 Å². The van der Waals surface area contributed by atoms with Gasteiger partial charge in [0.05, 0.1) is 10.7 Å². The maximum Gasteiger partial charge on any atom is 0.129 e. The molecule has 2 fully saturated rings. The summed E-state index contributed by atoms with van der Waals surface area (Å²) in [7, 11) is 0. The lowest BCUT2D eigenvalue weighted by atomic mass is 10.0. The minimum absolute atomic E-state index is 0.525. The van der Waals surface area contributed by atoms with Gasteiger partial charge in [0.1, 0.15) is 11.4 Å². The molecular formula is C14H20ClN3O. The van der Waals surface area contributed by atoms with Crippen molar-refractivity contribution in [1.82, 2.24) is 10.3 Å².